The Morgan fingerprint density at radius 3 is 2.38 bits per heavy atom. The van der Waals surface area contributed by atoms with Crippen LogP contribution >= 0.6 is 0 Å². The van der Waals surface area contributed by atoms with Crippen LogP contribution in [0.15, 0.2) is 59.8 Å². The number of hydrogen-bond acceptors (Lipinski definition) is 7. The standard InChI is InChI=1S/C26H28N6O4S/c1-6-27-25(33)19-10-11-22(18(4)12-19)36-23-13-21(24-16(2)8-7-9-17(24)3)29-26(30-23)31-37(34,35)20-14-28-32(5)15-20/h7-15H,6H2,1-5H3,(H,27,33)(H,29,30,31). The first-order chi connectivity index (χ1) is 17.6. The Hall–Kier alpha value is -4.25. The molecule has 0 radical (unpaired) electrons. The summed E-state index contributed by atoms with van der Waals surface area (Å²) < 4.78 is 35.8. The smallest absolute Gasteiger partial charge is 0.267 e. The summed E-state index contributed by atoms with van der Waals surface area (Å²) in [5.41, 5.74) is 4.51. The number of anilines is 1. The molecule has 10 nitrogen and oxygen atoms in total. The molecule has 0 saturated heterocycles. The number of rotatable bonds is 8. The minimum atomic E-state index is -3.99. The van der Waals surface area contributed by atoms with Gasteiger partial charge >= 0.3 is 0 Å². The van der Waals surface area contributed by atoms with Gasteiger partial charge < -0.3 is 10.1 Å². The minimum absolute atomic E-state index is 0.0182. The van der Waals surface area contributed by atoms with Crippen molar-refractivity contribution in [2.75, 3.05) is 11.3 Å². The number of benzene rings is 2. The van der Waals surface area contributed by atoms with Crippen LogP contribution in [0.3, 0.4) is 0 Å². The predicted molar refractivity (Wildman–Crippen MR) is 140 cm³/mol. The van der Waals surface area contributed by atoms with Crippen LogP contribution in [0.2, 0.25) is 0 Å². The van der Waals surface area contributed by atoms with Gasteiger partial charge in [-0.1, -0.05) is 18.2 Å². The van der Waals surface area contributed by atoms with Gasteiger partial charge in [-0.2, -0.15) is 10.1 Å². The van der Waals surface area contributed by atoms with E-state index in [9.17, 15) is 13.2 Å². The van der Waals surface area contributed by atoms with E-state index < -0.39 is 10.0 Å². The third kappa shape index (κ3) is 5.78. The molecule has 2 heterocycles. The second-order valence-corrected chi connectivity index (χ2v) is 10.3. The molecule has 0 bridgehead atoms. The lowest BCUT2D eigenvalue weighted by atomic mass is 10.00. The lowest BCUT2D eigenvalue weighted by Crippen LogP contribution is -2.22. The molecule has 37 heavy (non-hydrogen) atoms. The largest absolute Gasteiger partial charge is 0.439 e. The zero-order valence-electron chi connectivity index (χ0n) is 21.2. The summed E-state index contributed by atoms with van der Waals surface area (Å²) in [5, 5.41) is 6.70. The van der Waals surface area contributed by atoms with Crippen LogP contribution in [-0.4, -0.2) is 40.6 Å². The van der Waals surface area contributed by atoms with E-state index in [1.54, 1.807) is 31.3 Å². The number of carbonyl (C=O) groups excluding carboxylic acids is 1. The number of amides is 1. The number of aryl methyl sites for hydroxylation is 4. The van der Waals surface area contributed by atoms with Gasteiger partial charge in [0.15, 0.2) is 0 Å². The van der Waals surface area contributed by atoms with E-state index in [0.717, 1.165) is 16.7 Å². The average Bonchev–Trinajstić information content (AvgIpc) is 3.27. The molecule has 2 aromatic heterocycles. The Kier molecular flexibility index (Phi) is 7.25. The van der Waals surface area contributed by atoms with Crippen molar-refractivity contribution < 1.29 is 17.9 Å². The molecule has 0 aliphatic carbocycles. The van der Waals surface area contributed by atoms with E-state index in [2.05, 4.69) is 25.1 Å². The highest BCUT2D eigenvalue weighted by atomic mass is 32.2. The van der Waals surface area contributed by atoms with Gasteiger partial charge in [0.1, 0.15) is 10.6 Å². The van der Waals surface area contributed by atoms with Crippen LogP contribution in [0.5, 0.6) is 11.6 Å². The summed E-state index contributed by atoms with van der Waals surface area (Å²) in [5.74, 6) is 0.296. The van der Waals surface area contributed by atoms with Crippen molar-refractivity contribution in [2.45, 2.75) is 32.6 Å². The normalized spacial score (nSPS) is 11.3. The van der Waals surface area contributed by atoms with Crippen molar-refractivity contribution >= 4 is 21.9 Å². The molecule has 11 heteroatoms. The minimum Gasteiger partial charge on any atom is -0.439 e. The van der Waals surface area contributed by atoms with E-state index >= 15 is 0 Å². The number of nitrogens with zero attached hydrogens (tertiary/aromatic N) is 4. The highest BCUT2D eigenvalue weighted by Gasteiger charge is 2.20. The third-order valence-electron chi connectivity index (χ3n) is 5.65. The van der Waals surface area contributed by atoms with Crippen LogP contribution in [0, 0.1) is 20.8 Å². The molecule has 192 valence electrons. The molecule has 1 amide bonds. The number of carbonyl (C=O) groups is 1. The van der Waals surface area contributed by atoms with Gasteiger partial charge in [0.25, 0.3) is 15.9 Å². The number of aromatic nitrogens is 4. The second kappa shape index (κ2) is 10.4. The summed E-state index contributed by atoms with van der Waals surface area (Å²) in [6.07, 6.45) is 2.63. The Morgan fingerprint density at radius 1 is 1.03 bits per heavy atom. The molecular weight excluding hydrogens is 492 g/mol. The number of hydrogen-bond donors (Lipinski definition) is 2. The van der Waals surface area contributed by atoms with Crippen LogP contribution in [0.1, 0.15) is 34.0 Å². The SMILES string of the molecule is CCNC(=O)c1ccc(Oc2cc(-c3c(C)cccc3C)nc(NS(=O)(=O)c3cnn(C)c3)n2)c(C)c1. The fraction of sp³-hybridized carbons (Fsp3) is 0.231. The average molecular weight is 521 g/mol. The van der Waals surface area contributed by atoms with E-state index in [1.807, 2.05) is 45.9 Å². The molecule has 0 atom stereocenters. The summed E-state index contributed by atoms with van der Waals surface area (Å²) in [6, 6.07) is 12.6. The van der Waals surface area contributed by atoms with Gasteiger partial charge in [0.2, 0.25) is 11.8 Å². The zero-order valence-corrected chi connectivity index (χ0v) is 22.0. The molecule has 0 saturated carbocycles. The summed E-state index contributed by atoms with van der Waals surface area (Å²) in [6.45, 7) is 8.10. The third-order valence-corrected chi connectivity index (χ3v) is 6.93. The van der Waals surface area contributed by atoms with E-state index in [0.29, 0.717) is 29.1 Å². The number of sulfonamides is 1. The van der Waals surface area contributed by atoms with Crippen LogP contribution in [0.25, 0.3) is 11.3 Å². The predicted octanol–water partition coefficient (Wildman–Crippen LogP) is 4.15. The van der Waals surface area contributed by atoms with Gasteiger partial charge in [0, 0.05) is 37.0 Å². The van der Waals surface area contributed by atoms with E-state index in [-0.39, 0.29) is 22.6 Å². The van der Waals surface area contributed by atoms with Gasteiger partial charge in [-0.3, -0.25) is 9.48 Å². The molecule has 0 aliphatic rings. The molecule has 0 unspecified atom stereocenters. The highest BCUT2D eigenvalue weighted by molar-refractivity contribution is 7.92. The van der Waals surface area contributed by atoms with Crippen molar-refractivity contribution in [1.82, 2.24) is 25.1 Å². The Bertz CT molecular complexity index is 1560. The highest BCUT2D eigenvalue weighted by Crippen LogP contribution is 2.32. The molecular formula is C26H28N6O4S. The zero-order chi connectivity index (χ0) is 26.7. The topological polar surface area (TPSA) is 128 Å². The molecule has 0 fully saturated rings. The lowest BCUT2D eigenvalue weighted by Gasteiger charge is -2.14. The number of ether oxygens (including phenoxy) is 1. The Labute approximate surface area is 215 Å². The van der Waals surface area contributed by atoms with Gasteiger partial charge in [0.05, 0.1) is 11.9 Å². The van der Waals surface area contributed by atoms with Crippen molar-refractivity contribution in [3.8, 4) is 22.9 Å². The summed E-state index contributed by atoms with van der Waals surface area (Å²) in [7, 11) is -2.36. The Morgan fingerprint density at radius 2 is 1.76 bits per heavy atom. The summed E-state index contributed by atoms with van der Waals surface area (Å²) in [4.78, 5) is 21.0. The lowest BCUT2D eigenvalue weighted by molar-refractivity contribution is 0.0955. The van der Waals surface area contributed by atoms with Crippen molar-refractivity contribution in [1.29, 1.82) is 0 Å². The molecule has 4 rings (SSSR count). The van der Waals surface area contributed by atoms with E-state index in [4.69, 9.17) is 4.74 Å². The van der Waals surface area contributed by atoms with Gasteiger partial charge in [-0.05, 0) is 62.6 Å². The quantitative estimate of drug-likeness (QED) is 0.357. The van der Waals surface area contributed by atoms with Crippen LogP contribution < -0.4 is 14.8 Å². The molecule has 2 N–H and O–H groups in total. The fourth-order valence-corrected chi connectivity index (χ4v) is 4.79. The molecule has 2 aromatic carbocycles. The number of nitrogens with one attached hydrogen (secondary N) is 2. The van der Waals surface area contributed by atoms with Crippen molar-refractivity contribution in [3.05, 3.63) is 77.1 Å². The molecule has 0 aliphatic heterocycles. The maximum atomic E-state index is 13.0. The second-order valence-electron chi connectivity index (χ2n) is 8.58. The van der Waals surface area contributed by atoms with Gasteiger partial charge in [-0.15, -0.1) is 0 Å². The van der Waals surface area contributed by atoms with Gasteiger partial charge in [-0.25, -0.2) is 18.1 Å². The molecule has 0 spiro atoms. The monoisotopic (exact) mass is 520 g/mol. The van der Waals surface area contributed by atoms with Crippen molar-refractivity contribution in [2.24, 2.45) is 7.05 Å². The molecule has 4 aromatic rings. The van der Waals surface area contributed by atoms with Crippen LogP contribution in [0.4, 0.5) is 5.95 Å². The fourth-order valence-electron chi connectivity index (χ4n) is 3.87. The Balaban J connectivity index is 1.76. The first-order valence-corrected chi connectivity index (χ1v) is 13.1. The first kappa shape index (κ1) is 25.8. The first-order valence-electron chi connectivity index (χ1n) is 11.6. The van der Waals surface area contributed by atoms with Crippen molar-refractivity contribution in [3.63, 3.8) is 0 Å². The van der Waals surface area contributed by atoms with Crippen LogP contribution in [-0.2, 0) is 17.1 Å². The van der Waals surface area contributed by atoms with E-state index in [1.165, 1.54) is 17.1 Å². The maximum Gasteiger partial charge on any atom is 0.267 e. The maximum absolute atomic E-state index is 13.0. The summed E-state index contributed by atoms with van der Waals surface area (Å²) >= 11 is 0.